The Morgan fingerprint density at radius 3 is 2.47 bits per heavy atom. The molecular weight excluding hydrogens is 566 g/mol. The number of imidazole rings is 2. The quantitative estimate of drug-likeness (QED) is 0.269. The number of carbonyl (C=O) groups is 1. The van der Waals surface area contributed by atoms with Crippen molar-refractivity contribution in [1.82, 2.24) is 18.7 Å². The van der Waals surface area contributed by atoms with E-state index in [9.17, 15) is 9.59 Å². The van der Waals surface area contributed by atoms with Crippen molar-refractivity contribution in [2.75, 3.05) is 11.9 Å². The highest BCUT2D eigenvalue weighted by Crippen LogP contribution is 2.22. The highest BCUT2D eigenvalue weighted by molar-refractivity contribution is 6.03. The molecule has 3 aromatic carbocycles. The zero-order valence-corrected chi connectivity index (χ0v) is 25.3. The minimum absolute atomic E-state index is 0.239. The standard InChI is InChI=1S/C35H33N7O3/c1-4-24-19-31(36)33-34(37-21-24)42(35(44)41(33)26-14-16-30(17-15-26)45-29-11-6-5-7-12-29)28-10-8-9-27(20-28)40(3)32(43)18-13-25-22-39(2)23-38-25/h5-18,20-23H,4,19,36H2,1-3H3/b18-13+. The summed E-state index contributed by atoms with van der Waals surface area (Å²) in [5.41, 5.74) is 10.8. The van der Waals surface area contributed by atoms with Gasteiger partial charge in [-0.25, -0.2) is 19.3 Å². The molecule has 0 saturated carbocycles. The lowest BCUT2D eigenvalue weighted by atomic mass is 10.1. The first-order chi connectivity index (χ1) is 21.8. The summed E-state index contributed by atoms with van der Waals surface area (Å²) in [7, 11) is 3.55. The van der Waals surface area contributed by atoms with Gasteiger partial charge in [-0.2, -0.15) is 0 Å². The van der Waals surface area contributed by atoms with Crippen LogP contribution in [0.1, 0.15) is 25.5 Å². The van der Waals surface area contributed by atoms with E-state index in [0.29, 0.717) is 57.2 Å². The van der Waals surface area contributed by atoms with Crippen LogP contribution in [0, 0.1) is 0 Å². The molecular formula is C35H33N7O3. The molecule has 0 radical (unpaired) electrons. The molecule has 0 unspecified atom stereocenters. The van der Waals surface area contributed by atoms with Gasteiger partial charge in [0.1, 0.15) is 16.8 Å². The number of para-hydroxylation sites is 1. The van der Waals surface area contributed by atoms with Gasteiger partial charge in [-0.3, -0.25) is 9.36 Å². The molecule has 5 aromatic rings. The number of ether oxygens (including phenoxy) is 1. The minimum atomic E-state index is -0.335. The van der Waals surface area contributed by atoms with Crippen molar-refractivity contribution in [3.05, 3.63) is 136 Å². The molecule has 0 saturated heterocycles. The van der Waals surface area contributed by atoms with E-state index in [1.54, 1.807) is 42.4 Å². The van der Waals surface area contributed by atoms with Crippen molar-refractivity contribution in [3.63, 3.8) is 0 Å². The van der Waals surface area contributed by atoms with E-state index >= 15 is 0 Å². The first-order valence-corrected chi connectivity index (χ1v) is 14.6. The maximum Gasteiger partial charge on any atom is 0.339 e. The topological polar surface area (TPSA) is 113 Å². The van der Waals surface area contributed by atoms with Gasteiger partial charge in [-0.05, 0) is 72.7 Å². The van der Waals surface area contributed by atoms with Crippen molar-refractivity contribution in [2.45, 2.75) is 19.8 Å². The molecule has 0 atom stereocenters. The molecule has 1 aliphatic heterocycles. The first-order valence-electron chi connectivity index (χ1n) is 14.6. The van der Waals surface area contributed by atoms with Gasteiger partial charge in [0.15, 0.2) is 5.49 Å². The zero-order chi connectivity index (χ0) is 31.5. The molecule has 0 spiro atoms. The third kappa shape index (κ3) is 5.98. The average Bonchev–Trinajstić information content (AvgIpc) is 3.56. The summed E-state index contributed by atoms with van der Waals surface area (Å²) >= 11 is 0. The number of aromatic nitrogens is 4. The minimum Gasteiger partial charge on any atom is -0.457 e. The smallest absolute Gasteiger partial charge is 0.339 e. The number of hydrogen-bond acceptors (Lipinski definition) is 6. The van der Waals surface area contributed by atoms with Crippen LogP contribution in [-0.4, -0.2) is 31.6 Å². The number of likely N-dealkylation sites (N-methyl/N-ethyl adjacent to an activating group) is 1. The van der Waals surface area contributed by atoms with Crippen LogP contribution >= 0.6 is 0 Å². The van der Waals surface area contributed by atoms with E-state index < -0.39 is 0 Å². The normalized spacial score (nSPS) is 12.8. The Bertz CT molecular complexity index is 2120. The van der Waals surface area contributed by atoms with Crippen LogP contribution in [0.5, 0.6) is 11.5 Å². The van der Waals surface area contributed by atoms with Crippen LogP contribution in [0.25, 0.3) is 23.1 Å². The Morgan fingerprint density at radius 2 is 1.76 bits per heavy atom. The van der Waals surface area contributed by atoms with Crippen molar-refractivity contribution in [1.29, 1.82) is 0 Å². The molecule has 45 heavy (non-hydrogen) atoms. The highest BCUT2D eigenvalue weighted by atomic mass is 16.5. The van der Waals surface area contributed by atoms with Crippen LogP contribution in [-0.2, 0) is 11.8 Å². The number of carbonyl (C=O) groups excluding carboxylic acids is 1. The van der Waals surface area contributed by atoms with Crippen LogP contribution in [0.3, 0.4) is 0 Å². The number of nitrogens with two attached hydrogens (primary N) is 1. The SMILES string of the molecule is CCC1=CN=c2c(n(-c3ccc(Oc4ccccc4)cc3)c(=O)n2-c2cccc(N(C)C(=O)/C=C/c3cn(C)cn3)c2)=C(N)C1. The summed E-state index contributed by atoms with van der Waals surface area (Å²) in [6, 6.07) is 24.0. The number of rotatable bonds is 8. The second-order valence-corrected chi connectivity index (χ2v) is 10.7. The van der Waals surface area contributed by atoms with Gasteiger partial charge < -0.3 is 19.9 Å². The van der Waals surface area contributed by atoms with Crippen molar-refractivity contribution < 1.29 is 9.53 Å². The fraction of sp³-hybridized carbons (Fsp3) is 0.143. The Kier molecular flexibility index (Phi) is 8.03. The molecule has 10 nitrogen and oxygen atoms in total. The second-order valence-electron chi connectivity index (χ2n) is 10.7. The summed E-state index contributed by atoms with van der Waals surface area (Å²) in [6.45, 7) is 2.05. The van der Waals surface area contributed by atoms with Gasteiger partial charge in [-0.15, -0.1) is 0 Å². The largest absolute Gasteiger partial charge is 0.457 e. The molecule has 0 aliphatic carbocycles. The summed E-state index contributed by atoms with van der Waals surface area (Å²) < 4.78 is 10.9. The third-order valence-corrected chi connectivity index (χ3v) is 7.58. The molecule has 10 heteroatoms. The molecule has 6 rings (SSSR count). The molecule has 226 valence electrons. The lowest BCUT2D eigenvalue weighted by molar-refractivity contribution is -0.113. The number of benzene rings is 3. The van der Waals surface area contributed by atoms with Gasteiger partial charge in [-0.1, -0.05) is 31.2 Å². The van der Waals surface area contributed by atoms with Gasteiger partial charge in [0, 0.05) is 50.4 Å². The Labute approximate surface area is 260 Å². The molecule has 0 fully saturated rings. The van der Waals surface area contributed by atoms with E-state index in [2.05, 4.69) is 11.9 Å². The van der Waals surface area contributed by atoms with Crippen LogP contribution < -0.4 is 31.9 Å². The number of hydrogen-bond donors (Lipinski definition) is 1. The third-order valence-electron chi connectivity index (χ3n) is 7.58. The monoisotopic (exact) mass is 599 g/mol. The van der Waals surface area contributed by atoms with E-state index in [1.165, 1.54) is 15.5 Å². The highest BCUT2D eigenvalue weighted by Gasteiger charge is 2.20. The number of anilines is 1. The number of fused-ring (bicyclic) bond motifs is 1. The molecule has 1 amide bonds. The number of nitrogens with zero attached hydrogens (tertiary/aromatic N) is 6. The van der Waals surface area contributed by atoms with Crippen LogP contribution in [0.2, 0.25) is 0 Å². The fourth-order valence-corrected chi connectivity index (χ4v) is 5.16. The summed E-state index contributed by atoms with van der Waals surface area (Å²) in [5, 5.41) is 0.532. The summed E-state index contributed by atoms with van der Waals surface area (Å²) in [5.74, 6) is 1.11. The Balaban J connectivity index is 1.42. The average molecular weight is 600 g/mol. The summed E-state index contributed by atoms with van der Waals surface area (Å²) in [6.07, 6.45) is 9.68. The first kappa shape index (κ1) is 29.2. The number of amides is 1. The maximum absolute atomic E-state index is 14.3. The Morgan fingerprint density at radius 1 is 1.00 bits per heavy atom. The number of aryl methyl sites for hydroxylation is 1. The van der Waals surface area contributed by atoms with Crippen LogP contribution in [0.15, 0.2) is 119 Å². The van der Waals surface area contributed by atoms with Crippen molar-refractivity contribution in [2.24, 2.45) is 17.8 Å². The van der Waals surface area contributed by atoms with Crippen LogP contribution in [0.4, 0.5) is 5.69 Å². The second kappa shape index (κ2) is 12.4. The lowest BCUT2D eigenvalue weighted by Crippen LogP contribution is -2.36. The van der Waals surface area contributed by atoms with Gasteiger partial charge in [0.2, 0.25) is 0 Å². The van der Waals surface area contributed by atoms with E-state index in [4.69, 9.17) is 15.5 Å². The Hall–Kier alpha value is -5.90. The van der Waals surface area contributed by atoms with E-state index in [0.717, 1.165) is 12.0 Å². The van der Waals surface area contributed by atoms with E-state index in [-0.39, 0.29) is 11.6 Å². The van der Waals surface area contributed by atoms with Gasteiger partial charge >= 0.3 is 5.69 Å². The predicted molar refractivity (Wildman–Crippen MR) is 175 cm³/mol. The van der Waals surface area contributed by atoms with Crippen molar-refractivity contribution in [3.8, 4) is 22.9 Å². The van der Waals surface area contributed by atoms with E-state index in [1.807, 2.05) is 84.5 Å². The zero-order valence-electron chi connectivity index (χ0n) is 25.3. The lowest BCUT2D eigenvalue weighted by Gasteiger charge is -2.16. The van der Waals surface area contributed by atoms with Gasteiger partial charge in [0.05, 0.1) is 23.4 Å². The molecule has 0 bridgehead atoms. The fourth-order valence-electron chi connectivity index (χ4n) is 5.16. The molecule has 3 heterocycles. The van der Waals surface area contributed by atoms with Crippen molar-refractivity contribution >= 4 is 23.4 Å². The molecule has 2 N–H and O–H groups in total. The summed E-state index contributed by atoms with van der Waals surface area (Å²) in [4.78, 5) is 37.8. The van der Waals surface area contributed by atoms with Gasteiger partial charge in [0.25, 0.3) is 5.91 Å². The predicted octanol–water partition coefficient (Wildman–Crippen LogP) is 4.21. The maximum atomic E-state index is 14.3. The molecule has 2 aromatic heterocycles. The molecule has 1 aliphatic rings.